The van der Waals surface area contributed by atoms with E-state index in [0.717, 1.165) is 55.4 Å². The zero-order chi connectivity index (χ0) is 37.0. The summed E-state index contributed by atoms with van der Waals surface area (Å²) in [4.78, 5) is 0. The summed E-state index contributed by atoms with van der Waals surface area (Å²) in [7, 11) is 0. The number of rotatable bonds is 6. The maximum Gasteiger partial charge on any atom is 0.143 e. The summed E-state index contributed by atoms with van der Waals surface area (Å²) in [6, 6.07) is 76.5. The number of furan rings is 1. The van der Waals surface area contributed by atoms with Crippen molar-refractivity contribution in [2.24, 2.45) is 0 Å². The highest BCUT2D eigenvalue weighted by Gasteiger charge is 2.17. The van der Waals surface area contributed by atoms with Gasteiger partial charge in [-0.25, -0.2) is 0 Å². The Morgan fingerprint density at radius 3 is 1.57 bits per heavy atom. The van der Waals surface area contributed by atoms with Gasteiger partial charge in [0.15, 0.2) is 0 Å². The topological polar surface area (TPSA) is 18.1 Å². The molecule has 0 aliphatic rings. The zero-order valence-electron chi connectivity index (χ0n) is 30.6. The lowest BCUT2D eigenvalue weighted by Gasteiger charge is -2.14. The molecule has 0 atom stereocenters. The molecule has 0 saturated carbocycles. The summed E-state index contributed by atoms with van der Waals surface area (Å²) in [6.45, 7) is 0. The maximum atomic E-state index is 6.60. The number of benzene rings is 9. The van der Waals surface area contributed by atoms with E-state index in [2.05, 4.69) is 211 Å². The van der Waals surface area contributed by atoms with E-state index in [-0.39, 0.29) is 0 Å². The van der Waals surface area contributed by atoms with Gasteiger partial charge in [-0.05, 0) is 105 Å². The van der Waals surface area contributed by atoms with Crippen molar-refractivity contribution in [1.29, 1.82) is 0 Å². The summed E-state index contributed by atoms with van der Waals surface area (Å²) in [5.41, 5.74) is 16.9. The SMILES string of the molecule is c1ccc(-c2cccc(-c3cc(-c4ccc5c6ccccc6n(-c6cccc(-c7ccccc7)c6)c5c4)cc(-c4cccc5c4oc4ccccc45)c3)c2)cc1. The normalized spacial score (nSPS) is 11.6. The molecule has 0 N–H and O–H groups in total. The Labute approximate surface area is 325 Å². The highest BCUT2D eigenvalue weighted by Crippen LogP contribution is 2.41. The Bertz CT molecular complexity index is 3240. The van der Waals surface area contributed by atoms with Crippen molar-refractivity contribution >= 4 is 43.7 Å². The number of fused-ring (bicyclic) bond motifs is 6. The Morgan fingerprint density at radius 1 is 0.286 bits per heavy atom. The summed E-state index contributed by atoms with van der Waals surface area (Å²) in [5, 5.41) is 4.72. The summed E-state index contributed by atoms with van der Waals surface area (Å²) >= 11 is 0. The van der Waals surface area contributed by atoms with E-state index in [9.17, 15) is 0 Å². The first-order valence-corrected chi connectivity index (χ1v) is 19.2. The monoisotopic (exact) mass is 713 g/mol. The van der Waals surface area contributed by atoms with Crippen LogP contribution < -0.4 is 0 Å². The van der Waals surface area contributed by atoms with E-state index < -0.39 is 0 Å². The molecular formula is C54H35NO. The standard InChI is InChI=1S/C54H35NO/c1-3-14-36(15-4-1)38-18-11-19-39(30-38)42-31-43(33-44(32-42)46-24-13-25-50-49-23-8-10-27-53(49)56-54(46)50)41-28-29-48-47-22-7-9-26-51(47)55(52(48)35-41)45-21-12-20-40(34-45)37-16-5-2-6-17-37/h1-35H. The van der Waals surface area contributed by atoms with Gasteiger partial charge >= 0.3 is 0 Å². The molecule has 2 heterocycles. The van der Waals surface area contributed by atoms with Gasteiger partial charge in [0.2, 0.25) is 0 Å². The first-order valence-electron chi connectivity index (χ1n) is 19.2. The van der Waals surface area contributed by atoms with Crippen LogP contribution in [0.25, 0.3) is 105 Å². The Morgan fingerprint density at radius 2 is 0.804 bits per heavy atom. The smallest absolute Gasteiger partial charge is 0.143 e. The molecule has 0 radical (unpaired) electrons. The minimum absolute atomic E-state index is 0.900. The largest absolute Gasteiger partial charge is 0.455 e. The molecule has 11 aromatic rings. The van der Waals surface area contributed by atoms with Gasteiger partial charge in [0.1, 0.15) is 11.2 Å². The van der Waals surface area contributed by atoms with Crippen LogP contribution in [0.2, 0.25) is 0 Å². The van der Waals surface area contributed by atoms with Crippen LogP contribution in [0.3, 0.4) is 0 Å². The molecular weight excluding hydrogens is 679 g/mol. The van der Waals surface area contributed by atoms with Crippen LogP contribution in [0.1, 0.15) is 0 Å². The summed E-state index contributed by atoms with van der Waals surface area (Å²) < 4.78 is 9.02. The van der Waals surface area contributed by atoms with E-state index in [0.29, 0.717) is 0 Å². The molecule has 0 aliphatic heterocycles. The number of hydrogen-bond donors (Lipinski definition) is 0. The molecule has 0 fully saturated rings. The van der Waals surface area contributed by atoms with E-state index in [1.807, 2.05) is 6.07 Å². The second-order valence-electron chi connectivity index (χ2n) is 14.5. The second-order valence-corrected chi connectivity index (χ2v) is 14.5. The minimum atomic E-state index is 0.900. The van der Waals surface area contributed by atoms with Crippen LogP contribution in [0.5, 0.6) is 0 Å². The molecule has 0 amide bonds. The molecule has 0 bridgehead atoms. The molecule has 2 nitrogen and oxygen atoms in total. The minimum Gasteiger partial charge on any atom is -0.455 e. The first-order chi connectivity index (χ1) is 27.7. The molecule has 0 spiro atoms. The van der Waals surface area contributed by atoms with Crippen molar-refractivity contribution in [3.63, 3.8) is 0 Å². The third kappa shape index (κ3) is 5.42. The van der Waals surface area contributed by atoms with Gasteiger partial charge in [0.25, 0.3) is 0 Å². The summed E-state index contributed by atoms with van der Waals surface area (Å²) in [5.74, 6) is 0. The quantitative estimate of drug-likeness (QED) is 0.168. The number of para-hydroxylation sites is 3. The van der Waals surface area contributed by atoms with Gasteiger partial charge in [-0.2, -0.15) is 0 Å². The molecule has 2 heteroatoms. The van der Waals surface area contributed by atoms with Crippen molar-refractivity contribution in [3.8, 4) is 61.3 Å². The fourth-order valence-corrected chi connectivity index (χ4v) is 8.48. The molecule has 11 rings (SSSR count). The number of hydrogen-bond acceptors (Lipinski definition) is 1. The highest BCUT2D eigenvalue weighted by molar-refractivity contribution is 6.11. The molecule has 0 unspecified atom stereocenters. The van der Waals surface area contributed by atoms with E-state index >= 15 is 0 Å². The van der Waals surface area contributed by atoms with Crippen LogP contribution in [0.15, 0.2) is 217 Å². The number of nitrogens with zero attached hydrogens (tertiary/aromatic N) is 1. The third-order valence-corrected chi connectivity index (χ3v) is 11.2. The van der Waals surface area contributed by atoms with Gasteiger partial charge < -0.3 is 8.98 Å². The van der Waals surface area contributed by atoms with Crippen LogP contribution in [0.4, 0.5) is 0 Å². The predicted molar refractivity (Wildman–Crippen MR) is 235 cm³/mol. The zero-order valence-corrected chi connectivity index (χ0v) is 30.6. The first kappa shape index (κ1) is 32.0. The molecule has 56 heavy (non-hydrogen) atoms. The molecule has 0 aliphatic carbocycles. The lowest BCUT2D eigenvalue weighted by Crippen LogP contribution is -1.94. The van der Waals surface area contributed by atoms with Crippen LogP contribution in [-0.4, -0.2) is 4.57 Å². The van der Waals surface area contributed by atoms with E-state index in [4.69, 9.17) is 4.42 Å². The Hall–Kier alpha value is -7.42. The average Bonchev–Trinajstić information content (AvgIpc) is 3.83. The Kier molecular flexibility index (Phi) is 7.53. The van der Waals surface area contributed by atoms with E-state index in [1.165, 1.54) is 49.6 Å². The fraction of sp³-hybridized carbons (Fsp3) is 0. The molecule has 0 saturated heterocycles. The van der Waals surface area contributed by atoms with Gasteiger partial charge in [-0.1, -0.05) is 158 Å². The lowest BCUT2D eigenvalue weighted by atomic mass is 9.91. The number of aromatic nitrogens is 1. The fourth-order valence-electron chi connectivity index (χ4n) is 8.48. The van der Waals surface area contributed by atoms with Crippen LogP contribution in [0, 0.1) is 0 Å². The second kappa shape index (κ2) is 13.2. The Balaban J connectivity index is 1.14. The van der Waals surface area contributed by atoms with Gasteiger partial charge in [0, 0.05) is 32.8 Å². The van der Waals surface area contributed by atoms with Gasteiger partial charge in [0.05, 0.1) is 11.0 Å². The maximum absolute atomic E-state index is 6.60. The van der Waals surface area contributed by atoms with Gasteiger partial charge in [-0.15, -0.1) is 0 Å². The third-order valence-electron chi connectivity index (χ3n) is 11.2. The summed E-state index contributed by atoms with van der Waals surface area (Å²) in [6.07, 6.45) is 0. The molecule has 262 valence electrons. The predicted octanol–water partition coefficient (Wildman–Crippen LogP) is 15.0. The van der Waals surface area contributed by atoms with Crippen molar-refractivity contribution in [3.05, 3.63) is 212 Å². The van der Waals surface area contributed by atoms with Crippen LogP contribution in [-0.2, 0) is 0 Å². The van der Waals surface area contributed by atoms with Crippen LogP contribution >= 0.6 is 0 Å². The van der Waals surface area contributed by atoms with Gasteiger partial charge in [-0.3, -0.25) is 0 Å². The molecule has 9 aromatic carbocycles. The van der Waals surface area contributed by atoms with Crippen molar-refractivity contribution in [2.45, 2.75) is 0 Å². The van der Waals surface area contributed by atoms with Crippen molar-refractivity contribution in [2.75, 3.05) is 0 Å². The van der Waals surface area contributed by atoms with E-state index in [1.54, 1.807) is 0 Å². The molecule has 2 aromatic heterocycles. The average molecular weight is 714 g/mol. The van der Waals surface area contributed by atoms with Crippen molar-refractivity contribution < 1.29 is 4.42 Å². The highest BCUT2D eigenvalue weighted by atomic mass is 16.3. The van der Waals surface area contributed by atoms with Crippen molar-refractivity contribution in [1.82, 2.24) is 4.57 Å². The lowest BCUT2D eigenvalue weighted by molar-refractivity contribution is 0.670.